The maximum Gasteiger partial charge on any atom is 0.416 e. The zero-order valence-electron chi connectivity index (χ0n) is 17.0. The Kier molecular flexibility index (Phi) is 5.16. The minimum Gasteiger partial charge on any atom is -0.325 e. The van der Waals surface area contributed by atoms with Crippen molar-refractivity contribution < 1.29 is 18.0 Å². The third-order valence-corrected chi connectivity index (χ3v) is 5.17. The fourth-order valence-electron chi connectivity index (χ4n) is 3.74. The van der Waals surface area contributed by atoms with Gasteiger partial charge in [-0.05, 0) is 63.4 Å². The first-order chi connectivity index (χ1) is 14.6. The van der Waals surface area contributed by atoms with E-state index < -0.39 is 17.6 Å². The third-order valence-electron chi connectivity index (χ3n) is 5.17. The number of aryl methyl sites for hydroxylation is 3. The number of hydrogen-bond donors (Lipinski definition) is 1. The highest BCUT2D eigenvalue weighted by atomic mass is 19.4. The van der Waals surface area contributed by atoms with Gasteiger partial charge in [-0.2, -0.15) is 18.3 Å². The number of anilines is 1. The van der Waals surface area contributed by atoms with Crippen molar-refractivity contribution >= 4 is 11.6 Å². The summed E-state index contributed by atoms with van der Waals surface area (Å²) in [5.41, 5.74) is 1.91. The summed E-state index contributed by atoms with van der Waals surface area (Å²) < 4.78 is 41.0. The lowest BCUT2D eigenvalue weighted by Gasteiger charge is -2.15. The highest BCUT2D eigenvalue weighted by Gasteiger charge is 2.30. The number of amides is 1. The Hall–Kier alpha value is -3.43. The van der Waals surface area contributed by atoms with Crippen molar-refractivity contribution in [1.29, 1.82) is 0 Å². The molecule has 1 aliphatic carbocycles. The zero-order valence-corrected chi connectivity index (χ0v) is 17.0. The molecule has 0 spiro atoms. The van der Waals surface area contributed by atoms with Crippen molar-refractivity contribution in [3.8, 4) is 5.95 Å². The van der Waals surface area contributed by atoms with E-state index in [-0.39, 0.29) is 23.7 Å². The SMILES string of the molecule is Cc1cc(C)n(-c2nc3c(c(=O)n2CC(=O)Nc2ccc(C(F)(F)F)cc2)CCC3)n1. The quantitative estimate of drug-likeness (QED) is 0.688. The predicted octanol–water partition coefficient (Wildman–Crippen LogP) is 3.19. The first-order valence-corrected chi connectivity index (χ1v) is 9.77. The summed E-state index contributed by atoms with van der Waals surface area (Å²) >= 11 is 0. The van der Waals surface area contributed by atoms with Crippen molar-refractivity contribution in [3.05, 3.63) is 68.9 Å². The first-order valence-electron chi connectivity index (χ1n) is 9.77. The van der Waals surface area contributed by atoms with E-state index in [0.717, 1.165) is 29.9 Å². The lowest BCUT2D eigenvalue weighted by atomic mass is 10.2. The molecule has 0 fully saturated rings. The number of carbonyl (C=O) groups excluding carboxylic acids is 1. The minimum absolute atomic E-state index is 0.202. The van der Waals surface area contributed by atoms with E-state index in [4.69, 9.17) is 0 Å². The van der Waals surface area contributed by atoms with Crippen LogP contribution in [0.4, 0.5) is 18.9 Å². The Morgan fingerprint density at radius 1 is 1.16 bits per heavy atom. The van der Waals surface area contributed by atoms with Gasteiger partial charge in [0, 0.05) is 16.9 Å². The number of halogens is 3. The van der Waals surface area contributed by atoms with E-state index in [1.165, 1.54) is 21.4 Å². The largest absolute Gasteiger partial charge is 0.416 e. The molecule has 4 rings (SSSR count). The van der Waals surface area contributed by atoms with Crippen LogP contribution in [0.25, 0.3) is 5.95 Å². The van der Waals surface area contributed by atoms with Gasteiger partial charge in [0.1, 0.15) is 6.54 Å². The maximum atomic E-state index is 13.1. The topological polar surface area (TPSA) is 81.8 Å². The average Bonchev–Trinajstić information content (AvgIpc) is 3.29. The van der Waals surface area contributed by atoms with Gasteiger partial charge in [0.2, 0.25) is 11.9 Å². The van der Waals surface area contributed by atoms with E-state index in [1.807, 2.05) is 19.9 Å². The van der Waals surface area contributed by atoms with Crippen LogP contribution in [0.2, 0.25) is 0 Å². The van der Waals surface area contributed by atoms with Crippen LogP contribution in [0.3, 0.4) is 0 Å². The van der Waals surface area contributed by atoms with Crippen LogP contribution < -0.4 is 10.9 Å². The van der Waals surface area contributed by atoms with Crippen molar-refractivity contribution in [2.45, 2.75) is 45.8 Å². The molecule has 31 heavy (non-hydrogen) atoms. The molecular formula is C21H20F3N5O2. The summed E-state index contributed by atoms with van der Waals surface area (Å²) in [5.74, 6) is -0.303. The standard InChI is InChI=1S/C21H20F3N5O2/c1-12-10-13(2)29(27-12)20-26-17-5-3-4-16(17)19(31)28(20)11-18(30)25-15-8-6-14(7-9-15)21(22,23)24/h6-10H,3-5,11H2,1-2H3,(H,25,30). The van der Waals surface area contributed by atoms with Gasteiger partial charge in [0.25, 0.3) is 5.56 Å². The molecule has 2 heterocycles. The number of aromatic nitrogens is 4. The predicted molar refractivity (Wildman–Crippen MR) is 107 cm³/mol. The van der Waals surface area contributed by atoms with Gasteiger partial charge in [0.05, 0.1) is 17.0 Å². The molecule has 0 atom stereocenters. The van der Waals surface area contributed by atoms with E-state index in [9.17, 15) is 22.8 Å². The van der Waals surface area contributed by atoms with Crippen LogP contribution in [-0.2, 0) is 30.4 Å². The molecular weight excluding hydrogens is 411 g/mol. The van der Waals surface area contributed by atoms with Gasteiger partial charge in [-0.1, -0.05) is 0 Å². The fraction of sp³-hybridized carbons (Fsp3) is 0.333. The molecule has 2 aromatic heterocycles. The molecule has 0 bridgehead atoms. The van der Waals surface area contributed by atoms with Gasteiger partial charge in [0.15, 0.2) is 0 Å². The minimum atomic E-state index is -4.46. The summed E-state index contributed by atoms with van der Waals surface area (Å²) in [7, 11) is 0. The second kappa shape index (κ2) is 7.68. The number of nitrogens with zero attached hydrogens (tertiary/aromatic N) is 4. The molecule has 0 aliphatic heterocycles. The number of carbonyl (C=O) groups is 1. The summed E-state index contributed by atoms with van der Waals surface area (Å²) in [5, 5.41) is 6.93. The van der Waals surface area contributed by atoms with Gasteiger partial charge < -0.3 is 5.32 Å². The summed E-state index contributed by atoms with van der Waals surface area (Å²) in [6.45, 7) is 3.30. The monoisotopic (exact) mass is 431 g/mol. The Morgan fingerprint density at radius 3 is 2.48 bits per heavy atom. The van der Waals surface area contributed by atoms with Crippen molar-refractivity contribution in [2.75, 3.05) is 5.32 Å². The summed E-state index contributed by atoms with van der Waals surface area (Å²) in [4.78, 5) is 30.3. The number of nitrogens with one attached hydrogen (secondary N) is 1. The first kappa shape index (κ1) is 20.8. The fourth-order valence-corrected chi connectivity index (χ4v) is 3.74. The number of rotatable bonds is 4. The molecule has 0 unspecified atom stereocenters. The van der Waals surface area contributed by atoms with E-state index >= 15 is 0 Å². The molecule has 1 aliphatic rings. The van der Waals surface area contributed by atoms with Crippen LogP contribution in [0.5, 0.6) is 0 Å². The molecule has 0 saturated heterocycles. The van der Waals surface area contributed by atoms with Gasteiger partial charge >= 0.3 is 6.18 Å². The highest BCUT2D eigenvalue weighted by Crippen LogP contribution is 2.29. The Bertz CT molecular complexity index is 1210. The Labute approximate surface area is 175 Å². The van der Waals surface area contributed by atoms with Gasteiger partial charge in [-0.15, -0.1) is 0 Å². The molecule has 7 nitrogen and oxygen atoms in total. The average molecular weight is 431 g/mol. The van der Waals surface area contributed by atoms with E-state index in [0.29, 0.717) is 24.1 Å². The maximum absolute atomic E-state index is 13.1. The highest BCUT2D eigenvalue weighted by molar-refractivity contribution is 5.90. The number of fused-ring (bicyclic) bond motifs is 1. The van der Waals surface area contributed by atoms with E-state index in [2.05, 4.69) is 15.4 Å². The van der Waals surface area contributed by atoms with Gasteiger partial charge in [-0.25, -0.2) is 9.67 Å². The van der Waals surface area contributed by atoms with Crippen molar-refractivity contribution in [2.24, 2.45) is 0 Å². The molecule has 1 amide bonds. The normalized spacial score (nSPS) is 13.3. The number of benzene rings is 1. The van der Waals surface area contributed by atoms with Crippen molar-refractivity contribution in [3.63, 3.8) is 0 Å². The number of hydrogen-bond acceptors (Lipinski definition) is 4. The second-order valence-corrected chi connectivity index (χ2v) is 7.54. The Balaban J connectivity index is 1.65. The Morgan fingerprint density at radius 2 is 1.87 bits per heavy atom. The number of alkyl halides is 3. The smallest absolute Gasteiger partial charge is 0.325 e. The van der Waals surface area contributed by atoms with Crippen molar-refractivity contribution in [1.82, 2.24) is 19.3 Å². The van der Waals surface area contributed by atoms with Crippen LogP contribution in [0.15, 0.2) is 35.1 Å². The summed E-state index contributed by atoms with van der Waals surface area (Å²) in [6.07, 6.45) is -2.36. The molecule has 1 N–H and O–H groups in total. The van der Waals surface area contributed by atoms with Crippen LogP contribution in [0.1, 0.15) is 34.6 Å². The lowest BCUT2D eigenvalue weighted by molar-refractivity contribution is -0.137. The van der Waals surface area contributed by atoms with E-state index in [1.54, 1.807) is 0 Å². The zero-order chi connectivity index (χ0) is 22.3. The molecule has 10 heteroatoms. The molecule has 162 valence electrons. The molecule has 0 saturated carbocycles. The molecule has 1 aromatic carbocycles. The van der Waals surface area contributed by atoms with Crippen LogP contribution in [-0.4, -0.2) is 25.2 Å². The van der Waals surface area contributed by atoms with Gasteiger partial charge in [-0.3, -0.25) is 14.2 Å². The third kappa shape index (κ3) is 4.10. The summed E-state index contributed by atoms with van der Waals surface area (Å²) in [6, 6.07) is 5.96. The second-order valence-electron chi connectivity index (χ2n) is 7.54. The molecule has 3 aromatic rings. The lowest BCUT2D eigenvalue weighted by Crippen LogP contribution is -2.34. The van der Waals surface area contributed by atoms with Crippen LogP contribution in [0, 0.1) is 13.8 Å². The van der Waals surface area contributed by atoms with Crippen LogP contribution >= 0.6 is 0 Å². The molecule has 0 radical (unpaired) electrons.